The maximum Gasteiger partial charge on any atom is 0.0306 e. The molecule has 1 N–H and O–H groups in total. The smallest absolute Gasteiger partial charge is 0.0306 e. The fraction of sp³-hybridized carbons (Fsp3) is 1.00. The standard InChI is InChI=1S/C12H26N2/c1-10(2)6-8-14-9-7-11(13-5)12(14,3)4/h10-11,13H,6-9H2,1-5H3. The van der Waals surface area contributed by atoms with Gasteiger partial charge in [0.25, 0.3) is 0 Å². The highest BCUT2D eigenvalue weighted by atomic mass is 15.2. The van der Waals surface area contributed by atoms with E-state index >= 15 is 0 Å². The number of nitrogens with zero attached hydrogens (tertiary/aromatic N) is 1. The van der Waals surface area contributed by atoms with Gasteiger partial charge in [-0.1, -0.05) is 13.8 Å². The van der Waals surface area contributed by atoms with Gasteiger partial charge in [-0.15, -0.1) is 0 Å². The Hall–Kier alpha value is -0.0800. The Morgan fingerprint density at radius 1 is 1.43 bits per heavy atom. The molecule has 1 unspecified atom stereocenters. The third kappa shape index (κ3) is 2.48. The maximum absolute atomic E-state index is 3.43. The van der Waals surface area contributed by atoms with E-state index < -0.39 is 0 Å². The molecule has 1 saturated heterocycles. The van der Waals surface area contributed by atoms with E-state index in [2.05, 4.69) is 45.0 Å². The molecular weight excluding hydrogens is 172 g/mol. The maximum atomic E-state index is 3.43. The minimum Gasteiger partial charge on any atom is -0.315 e. The van der Waals surface area contributed by atoms with Crippen LogP contribution in [0.15, 0.2) is 0 Å². The van der Waals surface area contributed by atoms with Crippen LogP contribution < -0.4 is 5.32 Å². The zero-order valence-electron chi connectivity index (χ0n) is 10.4. The number of likely N-dealkylation sites (N-methyl/N-ethyl adjacent to an activating group) is 1. The van der Waals surface area contributed by atoms with Gasteiger partial charge in [-0.25, -0.2) is 0 Å². The van der Waals surface area contributed by atoms with Crippen LogP contribution in [0.25, 0.3) is 0 Å². The van der Waals surface area contributed by atoms with Gasteiger partial charge in [0.05, 0.1) is 0 Å². The monoisotopic (exact) mass is 198 g/mol. The Bertz CT molecular complexity index is 175. The summed E-state index contributed by atoms with van der Waals surface area (Å²) in [6.07, 6.45) is 2.61. The second-order valence-corrected chi connectivity index (χ2v) is 5.45. The summed E-state index contributed by atoms with van der Waals surface area (Å²) in [5.74, 6) is 0.819. The summed E-state index contributed by atoms with van der Waals surface area (Å²) in [7, 11) is 2.08. The highest BCUT2D eigenvalue weighted by Crippen LogP contribution is 2.29. The van der Waals surface area contributed by atoms with Crippen molar-refractivity contribution in [3.63, 3.8) is 0 Å². The molecular formula is C12H26N2. The minimum atomic E-state index is 0.337. The van der Waals surface area contributed by atoms with E-state index in [-0.39, 0.29) is 0 Å². The highest BCUT2D eigenvalue weighted by Gasteiger charge is 2.39. The summed E-state index contributed by atoms with van der Waals surface area (Å²) < 4.78 is 0. The molecule has 2 nitrogen and oxygen atoms in total. The van der Waals surface area contributed by atoms with Gasteiger partial charge in [-0.3, -0.25) is 4.90 Å². The molecule has 1 aliphatic rings. The van der Waals surface area contributed by atoms with Gasteiger partial charge < -0.3 is 5.32 Å². The molecule has 14 heavy (non-hydrogen) atoms. The van der Waals surface area contributed by atoms with Gasteiger partial charge in [0.2, 0.25) is 0 Å². The van der Waals surface area contributed by atoms with Crippen molar-refractivity contribution in [2.75, 3.05) is 20.1 Å². The van der Waals surface area contributed by atoms with Gasteiger partial charge >= 0.3 is 0 Å². The van der Waals surface area contributed by atoms with E-state index in [4.69, 9.17) is 0 Å². The molecule has 0 aromatic rings. The molecule has 1 fully saturated rings. The topological polar surface area (TPSA) is 15.3 Å². The van der Waals surface area contributed by atoms with E-state index in [1.165, 1.54) is 25.9 Å². The number of hydrogen-bond donors (Lipinski definition) is 1. The first-order valence-electron chi connectivity index (χ1n) is 5.90. The fourth-order valence-corrected chi connectivity index (χ4v) is 2.46. The lowest BCUT2D eigenvalue weighted by Gasteiger charge is -2.36. The van der Waals surface area contributed by atoms with Crippen molar-refractivity contribution in [1.29, 1.82) is 0 Å². The first-order chi connectivity index (χ1) is 6.48. The van der Waals surface area contributed by atoms with Crippen molar-refractivity contribution in [2.45, 2.75) is 52.1 Å². The fourth-order valence-electron chi connectivity index (χ4n) is 2.46. The summed E-state index contributed by atoms with van der Waals surface area (Å²) >= 11 is 0. The summed E-state index contributed by atoms with van der Waals surface area (Å²) in [4.78, 5) is 2.63. The van der Waals surface area contributed by atoms with Crippen LogP contribution >= 0.6 is 0 Å². The second-order valence-electron chi connectivity index (χ2n) is 5.45. The minimum absolute atomic E-state index is 0.337. The Kier molecular flexibility index (Phi) is 3.96. The first-order valence-corrected chi connectivity index (χ1v) is 5.90. The van der Waals surface area contributed by atoms with Crippen molar-refractivity contribution in [3.8, 4) is 0 Å². The highest BCUT2D eigenvalue weighted by molar-refractivity contribution is 4.99. The SMILES string of the molecule is CNC1CCN(CCC(C)C)C1(C)C. The van der Waals surface area contributed by atoms with E-state index in [9.17, 15) is 0 Å². The van der Waals surface area contributed by atoms with Crippen LogP contribution in [0.5, 0.6) is 0 Å². The van der Waals surface area contributed by atoms with Crippen LogP contribution in [-0.2, 0) is 0 Å². The van der Waals surface area contributed by atoms with Gasteiger partial charge in [0.1, 0.15) is 0 Å². The Morgan fingerprint density at radius 2 is 2.07 bits per heavy atom. The number of nitrogens with one attached hydrogen (secondary N) is 1. The third-order valence-corrected chi connectivity index (χ3v) is 3.68. The van der Waals surface area contributed by atoms with Gasteiger partial charge in [-0.2, -0.15) is 0 Å². The van der Waals surface area contributed by atoms with E-state index in [1.807, 2.05) is 0 Å². The molecule has 1 atom stereocenters. The second kappa shape index (κ2) is 4.63. The van der Waals surface area contributed by atoms with Crippen molar-refractivity contribution < 1.29 is 0 Å². The first kappa shape index (κ1) is 12.0. The summed E-state index contributed by atoms with van der Waals surface area (Å²) in [5, 5.41) is 3.43. The zero-order chi connectivity index (χ0) is 10.8. The lowest BCUT2D eigenvalue weighted by atomic mass is 9.95. The largest absolute Gasteiger partial charge is 0.315 e. The normalized spacial score (nSPS) is 27.4. The lowest BCUT2D eigenvalue weighted by molar-refractivity contribution is 0.146. The number of rotatable bonds is 4. The molecule has 0 radical (unpaired) electrons. The number of likely N-dealkylation sites (tertiary alicyclic amines) is 1. The van der Waals surface area contributed by atoms with Crippen LogP contribution in [0.4, 0.5) is 0 Å². The average Bonchev–Trinajstić information content (AvgIpc) is 2.37. The molecule has 1 aliphatic heterocycles. The molecule has 0 saturated carbocycles. The van der Waals surface area contributed by atoms with Crippen molar-refractivity contribution >= 4 is 0 Å². The van der Waals surface area contributed by atoms with Crippen LogP contribution in [0.3, 0.4) is 0 Å². The summed E-state index contributed by atoms with van der Waals surface area (Å²) in [5.41, 5.74) is 0.337. The van der Waals surface area contributed by atoms with Crippen LogP contribution in [0.2, 0.25) is 0 Å². The van der Waals surface area contributed by atoms with Crippen molar-refractivity contribution in [2.24, 2.45) is 5.92 Å². The third-order valence-electron chi connectivity index (χ3n) is 3.68. The summed E-state index contributed by atoms with van der Waals surface area (Å²) in [6, 6.07) is 0.662. The lowest BCUT2D eigenvalue weighted by Crippen LogP contribution is -2.50. The van der Waals surface area contributed by atoms with Gasteiger partial charge in [0.15, 0.2) is 0 Å². The molecule has 0 spiro atoms. The van der Waals surface area contributed by atoms with Crippen LogP contribution in [-0.4, -0.2) is 36.6 Å². The average molecular weight is 198 g/mol. The molecule has 1 rings (SSSR count). The molecule has 0 amide bonds. The Balaban J connectivity index is 2.47. The predicted molar refractivity (Wildman–Crippen MR) is 62.6 cm³/mol. The van der Waals surface area contributed by atoms with Crippen LogP contribution in [0.1, 0.15) is 40.5 Å². The van der Waals surface area contributed by atoms with E-state index in [1.54, 1.807) is 0 Å². The number of hydrogen-bond acceptors (Lipinski definition) is 2. The zero-order valence-corrected chi connectivity index (χ0v) is 10.4. The molecule has 0 bridgehead atoms. The quantitative estimate of drug-likeness (QED) is 0.744. The van der Waals surface area contributed by atoms with Crippen molar-refractivity contribution in [1.82, 2.24) is 10.2 Å². The molecule has 1 heterocycles. The van der Waals surface area contributed by atoms with Gasteiger partial charge in [0, 0.05) is 18.1 Å². The van der Waals surface area contributed by atoms with Crippen LogP contribution in [0, 0.1) is 5.92 Å². The van der Waals surface area contributed by atoms with Crippen molar-refractivity contribution in [3.05, 3.63) is 0 Å². The van der Waals surface area contributed by atoms with E-state index in [0.717, 1.165) is 5.92 Å². The molecule has 84 valence electrons. The Labute approximate surface area is 89.1 Å². The molecule has 0 aliphatic carbocycles. The Morgan fingerprint density at radius 3 is 2.50 bits per heavy atom. The predicted octanol–water partition coefficient (Wildman–Crippen LogP) is 2.10. The molecule has 0 aromatic carbocycles. The molecule has 2 heteroatoms. The summed E-state index contributed by atoms with van der Waals surface area (Å²) in [6.45, 7) is 11.8. The van der Waals surface area contributed by atoms with E-state index in [0.29, 0.717) is 11.6 Å². The van der Waals surface area contributed by atoms with Gasteiger partial charge in [-0.05, 0) is 46.2 Å². The molecule has 0 aromatic heterocycles.